The molecule has 0 radical (unpaired) electrons. The van der Waals surface area contributed by atoms with Gasteiger partial charge in [0.15, 0.2) is 5.16 Å². The number of thioether (sulfide) groups is 1. The van der Waals surface area contributed by atoms with E-state index in [9.17, 15) is 14.4 Å². The van der Waals surface area contributed by atoms with Crippen LogP contribution in [0.4, 0.5) is 4.79 Å². The minimum Gasteiger partial charge on any atom is -0.450 e. The van der Waals surface area contributed by atoms with Crippen LogP contribution in [0.2, 0.25) is 0 Å². The molecule has 0 atom stereocenters. The highest BCUT2D eigenvalue weighted by Crippen LogP contribution is 2.34. The Balaban J connectivity index is 1.73. The quantitative estimate of drug-likeness (QED) is 0.635. The smallest absolute Gasteiger partial charge is 0.413 e. The maximum absolute atomic E-state index is 12.4. The second kappa shape index (κ2) is 7.35. The molecule has 0 saturated carbocycles. The number of H-pyrrole nitrogens is 1. The van der Waals surface area contributed by atoms with Gasteiger partial charge in [0.2, 0.25) is 5.91 Å². The van der Waals surface area contributed by atoms with Crippen LogP contribution in [-0.2, 0) is 22.4 Å². The highest BCUT2D eigenvalue weighted by Gasteiger charge is 2.20. The summed E-state index contributed by atoms with van der Waals surface area (Å²) in [5, 5.41) is 3.17. The number of fused-ring (bicyclic) bond motifs is 3. The molecule has 0 saturated heterocycles. The van der Waals surface area contributed by atoms with Gasteiger partial charge in [0.1, 0.15) is 4.83 Å². The fraction of sp³-hybridized carbons (Fsp3) is 0.467. The number of ether oxygens (including phenoxy) is 1. The summed E-state index contributed by atoms with van der Waals surface area (Å²) in [5.41, 5.74) is 0.972. The second-order valence-corrected chi connectivity index (χ2v) is 7.37. The van der Waals surface area contributed by atoms with Gasteiger partial charge in [0.05, 0.1) is 17.7 Å². The molecule has 7 nitrogen and oxygen atoms in total. The fourth-order valence-electron chi connectivity index (χ4n) is 2.66. The minimum atomic E-state index is -0.772. The molecular formula is C15H17N3O4S2. The number of nitrogens with zero attached hydrogens (tertiary/aromatic N) is 1. The highest BCUT2D eigenvalue weighted by atomic mass is 32.2. The van der Waals surface area contributed by atoms with E-state index < -0.39 is 12.0 Å². The summed E-state index contributed by atoms with van der Waals surface area (Å²) in [6.07, 6.45) is 3.40. The van der Waals surface area contributed by atoms with E-state index >= 15 is 0 Å². The number of thiophene rings is 1. The van der Waals surface area contributed by atoms with Crippen molar-refractivity contribution in [3.8, 4) is 0 Å². The number of hydrogen-bond donors (Lipinski definition) is 2. The standard InChI is InChI=1S/C15H17N3O4S2/c1-2-22-15(21)16-10(19)7-23-14-17-12(20)11-8-5-3-4-6-9(8)24-13(11)18-14/h2-7H2,1H3,(H,16,19,21)(H,17,18,20). The number of hydrogen-bond acceptors (Lipinski definition) is 7. The van der Waals surface area contributed by atoms with Crippen molar-refractivity contribution in [3.05, 3.63) is 20.8 Å². The van der Waals surface area contributed by atoms with Crippen molar-refractivity contribution in [1.29, 1.82) is 0 Å². The number of aryl methyl sites for hydroxylation is 2. The van der Waals surface area contributed by atoms with Crippen molar-refractivity contribution in [2.75, 3.05) is 12.4 Å². The van der Waals surface area contributed by atoms with E-state index in [4.69, 9.17) is 0 Å². The first-order chi connectivity index (χ1) is 11.6. The van der Waals surface area contributed by atoms with Crippen LogP contribution < -0.4 is 10.9 Å². The molecule has 3 rings (SSSR count). The minimum absolute atomic E-state index is 0.0294. The molecule has 0 aliphatic heterocycles. The first-order valence-corrected chi connectivity index (χ1v) is 9.52. The van der Waals surface area contributed by atoms with Crippen molar-refractivity contribution in [2.24, 2.45) is 0 Å². The first kappa shape index (κ1) is 17.0. The average Bonchev–Trinajstić information content (AvgIpc) is 2.92. The summed E-state index contributed by atoms with van der Waals surface area (Å²) >= 11 is 2.64. The predicted molar refractivity (Wildman–Crippen MR) is 92.8 cm³/mol. The van der Waals surface area contributed by atoms with Gasteiger partial charge in [0.25, 0.3) is 5.56 Å². The molecule has 24 heavy (non-hydrogen) atoms. The normalized spacial score (nSPS) is 13.5. The zero-order valence-corrected chi connectivity index (χ0v) is 14.8. The van der Waals surface area contributed by atoms with Crippen LogP contribution in [0.1, 0.15) is 30.2 Å². The van der Waals surface area contributed by atoms with Gasteiger partial charge in [-0.2, -0.15) is 0 Å². The summed E-state index contributed by atoms with van der Waals surface area (Å²) < 4.78 is 4.64. The van der Waals surface area contributed by atoms with Crippen LogP contribution in [0.15, 0.2) is 9.95 Å². The number of carbonyl (C=O) groups is 2. The summed E-state index contributed by atoms with van der Waals surface area (Å²) in [6, 6.07) is 0. The summed E-state index contributed by atoms with van der Waals surface area (Å²) in [6.45, 7) is 1.85. The SMILES string of the molecule is CCOC(=O)NC(=O)CSc1nc2sc3c(c2c(=O)[nH]1)CCCC3. The van der Waals surface area contributed by atoms with Crippen LogP contribution in [-0.4, -0.2) is 34.3 Å². The number of aromatic amines is 1. The van der Waals surface area contributed by atoms with Gasteiger partial charge in [-0.3, -0.25) is 14.9 Å². The zero-order valence-electron chi connectivity index (χ0n) is 13.1. The lowest BCUT2D eigenvalue weighted by molar-refractivity contribution is -0.117. The van der Waals surface area contributed by atoms with Crippen LogP contribution >= 0.6 is 23.1 Å². The number of aromatic nitrogens is 2. The number of amides is 2. The topological polar surface area (TPSA) is 101 Å². The Kier molecular flexibility index (Phi) is 5.20. The third-order valence-electron chi connectivity index (χ3n) is 3.66. The zero-order chi connectivity index (χ0) is 17.1. The third kappa shape index (κ3) is 3.62. The number of nitrogens with one attached hydrogen (secondary N) is 2. The molecule has 0 bridgehead atoms. The lowest BCUT2D eigenvalue weighted by Crippen LogP contribution is -2.32. The van der Waals surface area contributed by atoms with Crippen LogP contribution in [0.3, 0.4) is 0 Å². The van der Waals surface area contributed by atoms with Crippen molar-refractivity contribution >= 4 is 45.3 Å². The molecule has 128 valence electrons. The van der Waals surface area contributed by atoms with Gasteiger partial charge in [-0.1, -0.05) is 11.8 Å². The average molecular weight is 367 g/mol. The lowest BCUT2D eigenvalue weighted by atomic mass is 9.97. The van der Waals surface area contributed by atoms with Gasteiger partial charge in [-0.15, -0.1) is 11.3 Å². The molecule has 0 aromatic carbocycles. The predicted octanol–water partition coefficient (Wildman–Crippen LogP) is 2.23. The van der Waals surface area contributed by atoms with Crippen molar-refractivity contribution in [2.45, 2.75) is 37.8 Å². The molecule has 1 aliphatic rings. The van der Waals surface area contributed by atoms with E-state index in [2.05, 4.69) is 20.0 Å². The molecule has 9 heteroatoms. The lowest BCUT2D eigenvalue weighted by Gasteiger charge is -2.09. The Labute approximate surface area is 146 Å². The summed E-state index contributed by atoms with van der Waals surface area (Å²) in [4.78, 5) is 44.3. The maximum atomic E-state index is 12.4. The Morgan fingerprint density at radius 1 is 1.38 bits per heavy atom. The van der Waals surface area contributed by atoms with Gasteiger partial charge in [-0.05, 0) is 38.2 Å². The Bertz CT molecular complexity index is 843. The summed E-state index contributed by atoms with van der Waals surface area (Å²) in [5.74, 6) is -0.523. The number of carbonyl (C=O) groups excluding carboxylic acids is 2. The Morgan fingerprint density at radius 2 is 2.17 bits per heavy atom. The van der Waals surface area contributed by atoms with Crippen LogP contribution in [0.25, 0.3) is 10.2 Å². The Hall–Kier alpha value is -1.87. The number of alkyl carbamates (subject to hydrolysis) is 1. The maximum Gasteiger partial charge on any atom is 0.413 e. The largest absolute Gasteiger partial charge is 0.450 e. The Morgan fingerprint density at radius 3 is 2.96 bits per heavy atom. The van der Waals surface area contributed by atoms with E-state index in [1.54, 1.807) is 18.3 Å². The van der Waals surface area contributed by atoms with E-state index in [0.717, 1.165) is 47.8 Å². The molecule has 2 amide bonds. The highest BCUT2D eigenvalue weighted by molar-refractivity contribution is 7.99. The molecule has 2 heterocycles. The van der Waals surface area contributed by atoms with Crippen molar-refractivity contribution in [3.63, 3.8) is 0 Å². The second-order valence-electron chi connectivity index (χ2n) is 5.32. The number of imide groups is 1. The first-order valence-electron chi connectivity index (χ1n) is 7.72. The van der Waals surface area contributed by atoms with Crippen LogP contribution in [0.5, 0.6) is 0 Å². The van der Waals surface area contributed by atoms with Crippen molar-refractivity contribution < 1.29 is 14.3 Å². The molecule has 2 aromatic rings. The third-order valence-corrected chi connectivity index (χ3v) is 5.72. The molecule has 0 unspecified atom stereocenters. The van der Waals surface area contributed by atoms with Gasteiger partial charge >= 0.3 is 6.09 Å². The van der Waals surface area contributed by atoms with Crippen molar-refractivity contribution in [1.82, 2.24) is 15.3 Å². The summed E-state index contributed by atoms with van der Waals surface area (Å²) in [7, 11) is 0. The van der Waals surface area contributed by atoms with E-state index in [0.29, 0.717) is 10.5 Å². The molecule has 0 spiro atoms. The van der Waals surface area contributed by atoms with E-state index in [-0.39, 0.29) is 17.9 Å². The molecule has 1 aliphatic carbocycles. The van der Waals surface area contributed by atoms with Crippen LogP contribution in [0, 0.1) is 0 Å². The van der Waals surface area contributed by atoms with Gasteiger partial charge < -0.3 is 9.72 Å². The van der Waals surface area contributed by atoms with E-state index in [1.807, 2.05) is 0 Å². The molecule has 2 N–H and O–H groups in total. The van der Waals surface area contributed by atoms with Gasteiger partial charge in [0, 0.05) is 4.88 Å². The molecule has 0 fully saturated rings. The van der Waals surface area contributed by atoms with Gasteiger partial charge in [-0.25, -0.2) is 9.78 Å². The monoisotopic (exact) mass is 367 g/mol. The molecule has 2 aromatic heterocycles. The molecular weight excluding hydrogens is 350 g/mol. The number of rotatable bonds is 4. The fourth-order valence-corrected chi connectivity index (χ4v) is 4.64. The van der Waals surface area contributed by atoms with E-state index in [1.165, 1.54) is 4.88 Å².